The number of aryl methyl sites for hydroxylation is 2. The van der Waals surface area contributed by atoms with E-state index in [0.29, 0.717) is 13.0 Å². The molecule has 0 unspecified atom stereocenters. The van der Waals surface area contributed by atoms with Crippen LogP contribution in [0.4, 0.5) is 0 Å². The van der Waals surface area contributed by atoms with Crippen LogP contribution in [0.5, 0.6) is 5.75 Å². The van der Waals surface area contributed by atoms with E-state index in [-0.39, 0.29) is 4.90 Å². The molecule has 5 heteroatoms. The minimum atomic E-state index is -3.51. The van der Waals surface area contributed by atoms with E-state index < -0.39 is 10.0 Å². The Bertz CT molecular complexity index is 717. The van der Waals surface area contributed by atoms with Crippen molar-refractivity contribution in [2.24, 2.45) is 0 Å². The van der Waals surface area contributed by atoms with Crippen molar-refractivity contribution < 1.29 is 13.2 Å². The standard InChI is InChI=1S/C17H21NO3S/c1-13-11-16(12-14(2)17(13)21-3)22(19,20)18-10-9-15-7-5-4-6-8-15/h4-8,11-12,18H,9-10H2,1-3H3. The van der Waals surface area contributed by atoms with Gasteiger partial charge in [-0.05, 0) is 49.1 Å². The van der Waals surface area contributed by atoms with Crippen LogP contribution in [-0.2, 0) is 16.4 Å². The van der Waals surface area contributed by atoms with Crippen LogP contribution in [0.2, 0.25) is 0 Å². The van der Waals surface area contributed by atoms with E-state index in [9.17, 15) is 8.42 Å². The van der Waals surface area contributed by atoms with E-state index in [1.807, 2.05) is 44.2 Å². The third-order valence-electron chi connectivity index (χ3n) is 3.50. The Morgan fingerprint density at radius 3 is 2.18 bits per heavy atom. The molecular formula is C17H21NO3S. The molecule has 0 aliphatic carbocycles. The van der Waals surface area contributed by atoms with Gasteiger partial charge in [0.1, 0.15) is 5.75 Å². The number of rotatable bonds is 6. The Morgan fingerprint density at radius 1 is 1.05 bits per heavy atom. The molecule has 0 spiro atoms. The number of sulfonamides is 1. The Kier molecular flexibility index (Phi) is 5.21. The van der Waals surface area contributed by atoms with Gasteiger partial charge in [-0.3, -0.25) is 0 Å². The van der Waals surface area contributed by atoms with Crippen molar-refractivity contribution in [1.82, 2.24) is 4.72 Å². The second-order valence-corrected chi connectivity index (χ2v) is 6.99. The molecule has 0 aromatic heterocycles. The Balaban J connectivity index is 2.10. The van der Waals surface area contributed by atoms with Gasteiger partial charge in [-0.1, -0.05) is 30.3 Å². The molecule has 0 saturated carbocycles. The molecular weight excluding hydrogens is 298 g/mol. The lowest BCUT2D eigenvalue weighted by Crippen LogP contribution is -2.26. The second kappa shape index (κ2) is 6.94. The van der Waals surface area contributed by atoms with Crippen LogP contribution < -0.4 is 9.46 Å². The molecule has 0 aliphatic rings. The molecule has 0 heterocycles. The predicted molar refractivity (Wildman–Crippen MR) is 87.8 cm³/mol. The molecule has 2 rings (SSSR count). The third-order valence-corrected chi connectivity index (χ3v) is 4.94. The van der Waals surface area contributed by atoms with Crippen LogP contribution in [0.25, 0.3) is 0 Å². The first-order chi connectivity index (χ1) is 10.4. The smallest absolute Gasteiger partial charge is 0.240 e. The summed E-state index contributed by atoms with van der Waals surface area (Å²) in [5.41, 5.74) is 2.73. The summed E-state index contributed by atoms with van der Waals surface area (Å²) in [6.45, 7) is 4.06. The van der Waals surface area contributed by atoms with Crippen LogP contribution in [0, 0.1) is 13.8 Å². The van der Waals surface area contributed by atoms with E-state index in [1.54, 1.807) is 19.2 Å². The van der Waals surface area contributed by atoms with Gasteiger partial charge < -0.3 is 4.74 Å². The quantitative estimate of drug-likeness (QED) is 0.891. The van der Waals surface area contributed by atoms with Gasteiger partial charge in [-0.2, -0.15) is 0 Å². The molecule has 4 nitrogen and oxygen atoms in total. The topological polar surface area (TPSA) is 55.4 Å². The van der Waals surface area contributed by atoms with Gasteiger partial charge in [0.05, 0.1) is 12.0 Å². The van der Waals surface area contributed by atoms with E-state index >= 15 is 0 Å². The van der Waals surface area contributed by atoms with Gasteiger partial charge in [-0.15, -0.1) is 0 Å². The molecule has 0 aliphatic heterocycles. The molecule has 118 valence electrons. The molecule has 1 N–H and O–H groups in total. The lowest BCUT2D eigenvalue weighted by Gasteiger charge is -2.12. The number of methoxy groups -OCH3 is 1. The molecule has 0 saturated heterocycles. The second-order valence-electron chi connectivity index (χ2n) is 5.22. The zero-order chi connectivity index (χ0) is 16.2. The average Bonchev–Trinajstić information content (AvgIpc) is 2.48. The maximum Gasteiger partial charge on any atom is 0.240 e. The molecule has 0 radical (unpaired) electrons. The van der Waals surface area contributed by atoms with Crippen molar-refractivity contribution >= 4 is 10.0 Å². The highest BCUT2D eigenvalue weighted by molar-refractivity contribution is 7.89. The molecule has 2 aromatic carbocycles. The van der Waals surface area contributed by atoms with Crippen LogP contribution in [0.15, 0.2) is 47.4 Å². The zero-order valence-electron chi connectivity index (χ0n) is 13.1. The van der Waals surface area contributed by atoms with Gasteiger partial charge in [0.25, 0.3) is 0 Å². The fraction of sp³-hybridized carbons (Fsp3) is 0.294. The Labute approximate surface area is 132 Å². The monoisotopic (exact) mass is 319 g/mol. The normalized spacial score (nSPS) is 11.4. The molecule has 0 bridgehead atoms. The molecule has 0 atom stereocenters. The molecule has 0 fully saturated rings. The summed E-state index contributed by atoms with van der Waals surface area (Å²) < 4.78 is 32.7. The number of benzene rings is 2. The maximum absolute atomic E-state index is 12.4. The van der Waals surface area contributed by atoms with E-state index in [0.717, 1.165) is 22.4 Å². The van der Waals surface area contributed by atoms with E-state index in [2.05, 4.69) is 4.72 Å². The zero-order valence-corrected chi connectivity index (χ0v) is 13.9. The van der Waals surface area contributed by atoms with Gasteiger partial charge >= 0.3 is 0 Å². The summed E-state index contributed by atoms with van der Waals surface area (Å²) in [6, 6.07) is 13.1. The minimum Gasteiger partial charge on any atom is -0.496 e. The van der Waals surface area contributed by atoms with Gasteiger partial charge in [0, 0.05) is 6.54 Å². The fourth-order valence-electron chi connectivity index (χ4n) is 2.45. The summed E-state index contributed by atoms with van der Waals surface area (Å²) >= 11 is 0. The minimum absolute atomic E-state index is 0.274. The first kappa shape index (κ1) is 16.5. The molecule has 22 heavy (non-hydrogen) atoms. The van der Waals surface area contributed by atoms with Crippen molar-refractivity contribution in [1.29, 1.82) is 0 Å². The predicted octanol–water partition coefficient (Wildman–Crippen LogP) is 2.83. The van der Waals surface area contributed by atoms with Crippen molar-refractivity contribution in [3.8, 4) is 5.75 Å². The van der Waals surface area contributed by atoms with Gasteiger partial charge in [-0.25, -0.2) is 13.1 Å². The van der Waals surface area contributed by atoms with Crippen LogP contribution in [0.3, 0.4) is 0 Å². The summed E-state index contributed by atoms with van der Waals surface area (Å²) in [5, 5.41) is 0. The van der Waals surface area contributed by atoms with E-state index in [4.69, 9.17) is 4.74 Å². The van der Waals surface area contributed by atoms with E-state index in [1.165, 1.54) is 0 Å². The lowest BCUT2D eigenvalue weighted by atomic mass is 10.1. The first-order valence-corrected chi connectivity index (χ1v) is 8.61. The van der Waals surface area contributed by atoms with Crippen molar-refractivity contribution in [2.75, 3.05) is 13.7 Å². The van der Waals surface area contributed by atoms with Crippen molar-refractivity contribution in [3.05, 3.63) is 59.2 Å². The molecule has 2 aromatic rings. The number of hydrogen-bond acceptors (Lipinski definition) is 3. The largest absolute Gasteiger partial charge is 0.496 e. The van der Waals surface area contributed by atoms with Crippen molar-refractivity contribution in [3.63, 3.8) is 0 Å². The number of ether oxygens (including phenoxy) is 1. The van der Waals surface area contributed by atoms with Crippen molar-refractivity contribution in [2.45, 2.75) is 25.2 Å². The highest BCUT2D eigenvalue weighted by Crippen LogP contribution is 2.26. The highest BCUT2D eigenvalue weighted by Gasteiger charge is 2.16. The van der Waals surface area contributed by atoms with Gasteiger partial charge in [0.2, 0.25) is 10.0 Å². The molecule has 0 amide bonds. The van der Waals surface area contributed by atoms with Crippen LogP contribution in [-0.4, -0.2) is 22.1 Å². The average molecular weight is 319 g/mol. The Morgan fingerprint density at radius 2 is 1.64 bits per heavy atom. The summed E-state index contributed by atoms with van der Waals surface area (Å²) in [7, 11) is -1.92. The van der Waals surface area contributed by atoms with Crippen LogP contribution >= 0.6 is 0 Å². The number of hydrogen-bond donors (Lipinski definition) is 1. The maximum atomic E-state index is 12.4. The fourth-order valence-corrected chi connectivity index (χ4v) is 3.65. The Hall–Kier alpha value is -1.85. The highest BCUT2D eigenvalue weighted by atomic mass is 32.2. The third kappa shape index (κ3) is 3.87. The summed E-state index contributed by atoms with van der Waals surface area (Å²) in [4.78, 5) is 0.274. The van der Waals surface area contributed by atoms with Gasteiger partial charge in [0.15, 0.2) is 0 Å². The number of nitrogens with one attached hydrogen (secondary N) is 1. The lowest BCUT2D eigenvalue weighted by molar-refractivity contribution is 0.408. The van der Waals surface area contributed by atoms with Crippen LogP contribution in [0.1, 0.15) is 16.7 Å². The summed E-state index contributed by atoms with van der Waals surface area (Å²) in [5.74, 6) is 0.725. The summed E-state index contributed by atoms with van der Waals surface area (Å²) in [6.07, 6.45) is 0.661. The SMILES string of the molecule is COc1c(C)cc(S(=O)(=O)NCCc2ccccc2)cc1C. The first-order valence-electron chi connectivity index (χ1n) is 7.13.